The SMILES string of the molecule is Cc1ccc(S(=O)(=O)N2CCCC(CNC(C)(C)C)C2)s1. The van der Waals surface area contributed by atoms with E-state index in [2.05, 4.69) is 26.1 Å². The van der Waals surface area contributed by atoms with Crippen LogP contribution in [0.5, 0.6) is 0 Å². The summed E-state index contributed by atoms with van der Waals surface area (Å²) in [5.41, 5.74) is 0.0754. The smallest absolute Gasteiger partial charge is 0.252 e. The van der Waals surface area contributed by atoms with E-state index in [0.29, 0.717) is 23.2 Å². The van der Waals surface area contributed by atoms with Gasteiger partial charge in [0.05, 0.1) is 0 Å². The minimum atomic E-state index is -3.30. The Morgan fingerprint density at radius 3 is 2.67 bits per heavy atom. The molecule has 21 heavy (non-hydrogen) atoms. The highest BCUT2D eigenvalue weighted by molar-refractivity contribution is 7.91. The zero-order valence-electron chi connectivity index (χ0n) is 13.3. The Hall–Kier alpha value is -0.430. The molecule has 1 fully saturated rings. The first-order valence-electron chi connectivity index (χ1n) is 7.50. The molecule has 0 spiro atoms. The van der Waals surface area contributed by atoms with Crippen LogP contribution in [0.25, 0.3) is 0 Å². The van der Waals surface area contributed by atoms with Crippen molar-refractivity contribution in [3.8, 4) is 0 Å². The van der Waals surface area contributed by atoms with E-state index in [4.69, 9.17) is 0 Å². The van der Waals surface area contributed by atoms with Crippen molar-refractivity contribution in [3.05, 3.63) is 17.0 Å². The van der Waals surface area contributed by atoms with E-state index in [1.807, 2.05) is 13.0 Å². The Bertz CT molecular complexity index is 573. The lowest BCUT2D eigenvalue weighted by molar-refractivity contribution is 0.245. The summed E-state index contributed by atoms with van der Waals surface area (Å²) >= 11 is 1.36. The van der Waals surface area contributed by atoms with Gasteiger partial charge in [0.2, 0.25) is 0 Å². The molecular formula is C15H26N2O2S2. The Morgan fingerprint density at radius 1 is 1.38 bits per heavy atom. The van der Waals surface area contributed by atoms with Gasteiger partial charge in [-0.1, -0.05) is 0 Å². The van der Waals surface area contributed by atoms with Gasteiger partial charge in [-0.2, -0.15) is 4.31 Å². The summed E-state index contributed by atoms with van der Waals surface area (Å²) in [4.78, 5) is 1.04. The Labute approximate surface area is 132 Å². The normalized spacial score (nSPS) is 21.6. The first-order chi connectivity index (χ1) is 9.68. The summed E-state index contributed by atoms with van der Waals surface area (Å²) in [5.74, 6) is 0.397. The monoisotopic (exact) mass is 330 g/mol. The van der Waals surface area contributed by atoms with Gasteiger partial charge < -0.3 is 5.32 Å². The highest BCUT2D eigenvalue weighted by atomic mass is 32.2. The third-order valence-corrected chi connectivity index (χ3v) is 7.05. The van der Waals surface area contributed by atoms with Gasteiger partial charge >= 0.3 is 0 Å². The van der Waals surface area contributed by atoms with Crippen molar-refractivity contribution < 1.29 is 8.42 Å². The number of sulfonamides is 1. The van der Waals surface area contributed by atoms with Crippen LogP contribution in [-0.2, 0) is 10.0 Å². The lowest BCUT2D eigenvalue weighted by Crippen LogP contribution is -2.46. The molecule has 1 N–H and O–H groups in total. The number of hydrogen-bond donors (Lipinski definition) is 1. The third-order valence-electron chi connectivity index (χ3n) is 3.71. The molecule has 0 radical (unpaired) electrons. The lowest BCUT2D eigenvalue weighted by atomic mass is 9.98. The van der Waals surface area contributed by atoms with Crippen LogP contribution in [0.15, 0.2) is 16.3 Å². The molecule has 0 amide bonds. The molecule has 0 saturated carbocycles. The summed E-state index contributed by atoms with van der Waals surface area (Å²) in [5, 5.41) is 3.49. The maximum atomic E-state index is 12.7. The maximum absolute atomic E-state index is 12.7. The molecule has 1 unspecified atom stereocenters. The second kappa shape index (κ2) is 6.36. The van der Waals surface area contributed by atoms with Gasteiger partial charge in [-0.05, 0) is 65.1 Å². The molecule has 0 aliphatic carbocycles. The molecule has 1 aliphatic heterocycles. The van der Waals surface area contributed by atoms with Crippen molar-refractivity contribution in [2.75, 3.05) is 19.6 Å². The first kappa shape index (κ1) is 16.9. The average molecular weight is 331 g/mol. The molecule has 1 saturated heterocycles. The topological polar surface area (TPSA) is 49.4 Å². The first-order valence-corrected chi connectivity index (χ1v) is 9.76. The lowest BCUT2D eigenvalue weighted by Gasteiger charge is -2.33. The maximum Gasteiger partial charge on any atom is 0.252 e. The number of nitrogens with one attached hydrogen (secondary N) is 1. The average Bonchev–Trinajstić information content (AvgIpc) is 2.83. The van der Waals surface area contributed by atoms with Crippen molar-refractivity contribution in [2.24, 2.45) is 5.92 Å². The van der Waals surface area contributed by atoms with Crippen LogP contribution in [0.1, 0.15) is 38.5 Å². The zero-order chi connectivity index (χ0) is 15.7. The molecule has 2 heterocycles. The summed E-state index contributed by atoms with van der Waals surface area (Å²) in [6.07, 6.45) is 2.04. The molecule has 1 atom stereocenters. The standard InChI is InChI=1S/C15H26N2O2S2/c1-12-7-8-14(20-12)21(18,19)17-9-5-6-13(11-17)10-16-15(2,3)4/h7-8,13,16H,5-6,9-11H2,1-4H3. The molecule has 6 heteroatoms. The summed E-state index contributed by atoms with van der Waals surface area (Å²) in [6.45, 7) is 10.5. The van der Waals surface area contributed by atoms with Gasteiger partial charge in [0.1, 0.15) is 4.21 Å². The highest BCUT2D eigenvalue weighted by Crippen LogP contribution is 2.28. The van der Waals surface area contributed by atoms with Crippen LogP contribution in [0.2, 0.25) is 0 Å². The molecule has 0 bridgehead atoms. The quantitative estimate of drug-likeness (QED) is 0.923. The van der Waals surface area contributed by atoms with Crippen molar-refractivity contribution >= 4 is 21.4 Å². The van der Waals surface area contributed by atoms with Crippen molar-refractivity contribution in [1.82, 2.24) is 9.62 Å². The fourth-order valence-corrected chi connectivity index (χ4v) is 5.53. The van der Waals surface area contributed by atoms with Crippen LogP contribution < -0.4 is 5.32 Å². The van der Waals surface area contributed by atoms with Crippen molar-refractivity contribution in [2.45, 2.75) is 50.3 Å². The summed E-state index contributed by atoms with van der Waals surface area (Å²) in [7, 11) is -3.30. The zero-order valence-corrected chi connectivity index (χ0v) is 15.0. The van der Waals surface area contributed by atoms with Gasteiger partial charge in [0.15, 0.2) is 0 Å². The molecule has 2 rings (SSSR count). The Balaban J connectivity index is 2.03. The number of nitrogens with zero attached hydrogens (tertiary/aromatic N) is 1. The van der Waals surface area contributed by atoms with E-state index < -0.39 is 10.0 Å². The van der Waals surface area contributed by atoms with Gasteiger partial charge in [-0.3, -0.25) is 0 Å². The van der Waals surface area contributed by atoms with E-state index in [-0.39, 0.29) is 5.54 Å². The molecule has 1 aromatic rings. The molecule has 1 aliphatic rings. The van der Waals surface area contributed by atoms with Crippen LogP contribution in [0, 0.1) is 12.8 Å². The van der Waals surface area contributed by atoms with Crippen molar-refractivity contribution in [3.63, 3.8) is 0 Å². The third kappa shape index (κ3) is 4.52. The number of hydrogen-bond acceptors (Lipinski definition) is 4. The van der Waals surface area contributed by atoms with Crippen molar-refractivity contribution in [1.29, 1.82) is 0 Å². The van der Waals surface area contributed by atoms with E-state index >= 15 is 0 Å². The predicted octanol–water partition coefficient (Wildman–Crippen LogP) is 2.85. The van der Waals surface area contributed by atoms with Crippen LogP contribution >= 0.6 is 11.3 Å². The molecule has 4 nitrogen and oxygen atoms in total. The second-order valence-electron chi connectivity index (χ2n) is 6.87. The van der Waals surface area contributed by atoms with E-state index in [1.165, 1.54) is 11.3 Å². The molecule has 0 aromatic carbocycles. The fourth-order valence-electron chi connectivity index (χ4n) is 2.54. The Morgan fingerprint density at radius 2 is 2.10 bits per heavy atom. The minimum absolute atomic E-state index is 0.0754. The predicted molar refractivity (Wildman–Crippen MR) is 88.3 cm³/mol. The largest absolute Gasteiger partial charge is 0.312 e. The highest BCUT2D eigenvalue weighted by Gasteiger charge is 2.31. The van der Waals surface area contributed by atoms with Crippen LogP contribution in [0.3, 0.4) is 0 Å². The fraction of sp³-hybridized carbons (Fsp3) is 0.733. The van der Waals surface area contributed by atoms with E-state index in [0.717, 1.165) is 24.3 Å². The van der Waals surface area contributed by atoms with E-state index in [1.54, 1.807) is 10.4 Å². The summed E-state index contributed by atoms with van der Waals surface area (Å²) < 4.78 is 27.5. The number of aryl methyl sites for hydroxylation is 1. The second-order valence-corrected chi connectivity index (χ2v) is 10.3. The van der Waals surface area contributed by atoms with Gasteiger partial charge in [0, 0.05) is 23.5 Å². The summed E-state index contributed by atoms with van der Waals surface area (Å²) in [6, 6.07) is 3.60. The van der Waals surface area contributed by atoms with E-state index in [9.17, 15) is 8.42 Å². The number of piperidine rings is 1. The van der Waals surface area contributed by atoms with Crippen LogP contribution in [0.4, 0.5) is 0 Å². The number of rotatable bonds is 4. The van der Waals surface area contributed by atoms with Gasteiger partial charge in [-0.25, -0.2) is 8.42 Å². The molecular weight excluding hydrogens is 304 g/mol. The van der Waals surface area contributed by atoms with Gasteiger partial charge in [-0.15, -0.1) is 11.3 Å². The molecule has 1 aromatic heterocycles. The number of thiophene rings is 1. The molecule has 120 valence electrons. The van der Waals surface area contributed by atoms with Crippen LogP contribution in [-0.4, -0.2) is 37.9 Å². The van der Waals surface area contributed by atoms with Gasteiger partial charge in [0.25, 0.3) is 10.0 Å². The Kier molecular flexibility index (Phi) is 5.13. The minimum Gasteiger partial charge on any atom is -0.312 e.